The third kappa shape index (κ3) is 13.2. The highest BCUT2D eigenvalue weighted by atomic mass is 16.4. The van der Waals surface area contributed by atoms with Gasteiger partial charge in [0.25, 0.3) is 23.9 Å². The Kier molecular flexibility index (Phi) is 13.7. The first-order valence-electron chi connectivity index (χ1n) is 9.03. The molecule has 0 aliphatic rings. The summed E-state index contributed by atoms with van der Waals surface area (Å²) in [5.41, 5.74) is -0.668. The molecule has 0 fully saturated rings. The van der Waals surface area contributed by atoms with Crippen LogP contribution >= 0.6 is 0 Å². The molecule has 1 aromatic heterocycles. The fourth-order valence-electron chi connectivity index (χ4n) is 1.92. The van der Waals surface area contributed by atoms with Gasteiger partial charge in [0.05, 0.1) is 10.8 Å². The molecule has 0 saturated carbocycles. The van der Waals surface area contributed by atoms with E-state index in [9.17, 15) is 25.2 Å². The summed E-state index contributed by atoms with van der Waals surface area (Å²) < 4.78 is 5.29. The van der Waals surface area contributed by atoms with Gasteiger partial charge in [0, 0.05) is 33.8 Å². The van der Waals surface area contributed by atoms with E-state index in [2.05, 4.69) is 0 Å². The molecule has 0 unspecified atom stereocenters. The maximum Gasteiger partial charge on any atom is 0.300 e. The van der Waals surface area contributed by atoms with Crippen molar-refractivity contribution in [3.05, 3.63) is 34.5 Å². The van der Waals surface area contributed by atoms with Gasteiger partial charge >= 0.3 is 0 Å². The van der Waals surface area contributed by atoms with E-state index < -0.39 is 52.3 Å². The Balaban J connectivity index is 0. The molecule has 0 amide bonds. The van der Waals surface area contributed by atoms with Gasteiger partial charge in [0.2, 0.25) is 11.2 Å². The maximum absolute atomic E-state index is 12.2. The lowest BCUT2D eigenvalue weighted by atomic mass is 10.1. The lowest BCUT2D eigenvalue weighted by Gasteiger charge is -2.05. The summed E-state index contributed by atoms with van der Waals surface area (Å²) in [4.78, 5) is 48.2. The van der Waals surface area contributed by atoms with Gasteiger partial charge in [-0.1, -0.05) is 0 Å². The van der Waals surface area contributed by atoms with E-state index in [-0.39, 0.29) is 21.9 Å². The SMILES string of the molecule is CC(=O)O.CC(=O)O.CC(=O)O.CC(=O)O.O=c1c2cc(O)c(O)cc2oc2c(O)c(O)ccc12. The second kappa shape index (κ2) is 14.9. The van der Waals surface area contributed by atoms with Crippen molar-refractivity contribution >= 4 is 45.8 Å². The summed E-state index contributed by atoms with van der Waals surface area (Å²) in [5, 5.41) is 67.6. The number of aliphatic carboxylic acids is 4. The van der Waals surface area contributed by atoms with Crippen LogP contribution in [0.4, 0.5) is 0 Å². The highest BCUT2D eigenvalue weighted by Gasteiger charge is 2.15. The van der Waals surface area contributed by atoms with E-state index in [0.717, 1.165) is 39.8 Å². The zero-order valence-corrected chi connectivity index (χ0v) is 18.8. The Hall–Kier alpha value is -5.01. The number of phenolic OH excluding ortho intramolecular Hbond substituents is 4. The van der Waals surface area contributed by atoms with Crippen molar-refractivity contribution in [2.24, 2.45) is 0 Å². The second-order valence-corrected chi connectivity index (χ2v) is 6.15. The van der Waals surface area contributed by atoms with Crippen LogP contribution in [-0.2, 0) is 19.2 Å². The van der Waals surface area contributed by atoms with E-state index >= 15 is 0 Å². The molecular formula is C21H24O14. The maximum atomic E-state index is 12.2. The molecule has 3 aromatic rings. The molecule has 14 heteroatoms. The Bertz CT molecular complexity index is 1190. The van der Waals surface area contributed by atoms with Crippen molar-refractivity contribution in [1.82, 2.24) is 0 Å². The minimum Gasteiger partial charge on any atom is -0.504 e. The molecule has 35 heavy (non-hydrogen) atoms. The van der Waals surface area contributed by atoms with Crippen molar-refractivity contribution in [2.75, 3.05) is 0 Å². The summed E-state index contributed by atoms with van der Waals surface area (Å²) in [6.07, 6.45) is 0. The van der Waals surface area contributed by atoms with Crippen LogP contribution in [0, 0.1) is 0 Å². The largest absolute Gasteiger partial charge is 0.504 e. The molecule has 0 bridgehead atoms. The molecular weight excluding hydrogens is 476 g/mol. The second-order valence-electron chi connectivity index (χ2n) is 6.15. The van der Waals surface area contributed by atoms with Gasteiger partial charge in [0.1, 0.15) is 5.58 Å². The van der Waals surface area contributed by atoms with Crippen LogP contribution in [0.3, 0.4) is 0 Å². The highest BCUT2D eigenvalue weighted by molar-refractivity contribution is 5.94. The Morgan fingerprint density at radius 1 is 0.629 bits per heavy atom. The molecule has 0 radical (unpaired) electrons. The standard InChI is InChI=1S/C13H8O6.4C2H4O2/c14-7-2-1-5-11(17)6-3-8(15)9(16)4-10(6)19-13(5)12(7)18;4*1-2(3)4/h1-4,14-16,18H;4*1H3,(H,3,4). The van der Waals surface area contributed by atoms with Gasteiger partial charge in [-0.25, -0.2) is 0 Å². The first-order chi connectivity index (χ1) is 15.9. The van der Waals surface area contributed by atoms with Crippen LogP contribution in [0.2, 0.25) is 0 Å². The van der Waals surface area contributed by atoms with E-state index in [1.165, 1.54) is 12.1 Å². The summed E-state index contributed by atoms with van der Waals surface area (Å²) in [6, 6.07) is 4.62. The van der Waals surface area contributed by atoms with Crippen molar-refractivity contribution < 1.29 is 64.4 Å². The molecule has 0 saturated heterocycles. The van der Waals surface area contributed by atoms with Gasteiger partial charge in [-0.3, -0.25) is 24.0 Å². The molecule has 3 rings (SSSR count). The van der Waals surface area contributed by atoms with E-state index in [4.69, 9.17) is 44.0 Å². The fourth-order valence-corrected chi connectivity index (χ4v) is 1.92. The molecule has 2 aromatic carbocycles. The summed E-state index contributed by atoms with van der Waals surface area (Å²) in [5.74, 6) is -5.20. The Labute approximate surface area is 196 Å². The zero-order valence-electron chi connectivity index (χ0n) is 18.8. The Morgan fingerprint density at radius 2 is 1.00 bits per heavy atom. The monoisotopic (exact) mass is 500 g/mol. The third-order valence-electron chi connectivity index (χ3n) is 2.89. The number of fused-ring (bicyclic) bond motifs is 2. The van der Waals surface area contributed by atoms with Gasteiger partial charge < -0.3 is 45.3 Å². The molecule has 0 spiro atoms. The lowest BCUT2D eigenvalue weighted by molar-refractivity contribution is -0.135. The molecule has 8 N–H and O–H groups in total. The van der Waals surface area contributed by atoms with Crippen molar-refractivity contribution in [1.29, 1.82) is 0 Å². The summed E-state index contributed by atoms with van der Waals surface area (Å²) >= 11 is 0. The molecule has 192 valence electrons. The highest BCUT2D eigenvalue weighted by Crippen LogP contribution is 2.36. The molecule has 1 heterocycles. The first-order valence-corrected chi connectivity index (χ1v) is 9.03. The number of carboxylic acid groups (broad SMARTS) is 4. The number of carboxylic acids is 4. The van der Waals surface area contributed by atoms with Gasteiger partial charge in [0.15, 0.2) is 22.8 Å². The molecule has 14 nitrogen and oxygen atoms in total. The number of phenols is 4. The smallest absolute Gasteiger partial charge is 0.300 e. The molecule has 0 aliphatic heterocycles. The summed E-state index contributed by atoms with van der Waals surface area (Å²) in [7, 11) is 0. The number of rotatable bonds is 0. The number of benzene rings is 2. The number of hydrogen-bond donors (Lipinski definition) is 8. The predicted molar refractivity (Wildman–Crippen MR) is 120 cm³/mol. The quantitative estimate of drug-likeness (QED) is 0.162. The fraction of sp³-hybridized carbons (Fsp3) is 0.190. The van der Waals surface area contributed by atoms with Crippen LogP contribution in [0.25, 0.3) is 21.9 Å². The Morgan fingerprint density at radius 3 is 1.40 bits per heavy atom. The third-order valence-corrected chi connectivity index (χ3v) is 2.89. The normalized spacial score (nSPS) is 8.91. The van der Waals surface area contributed by atoms with Gasteiger partial charge in [-0.2, -0.15) is 0 Å². The van der Waals surface area contributed by atoms with Gasteiger partial charge in [-0.15, -0.1) is 0 Å². The van der Waals surface area contributed by atoms with Crippen LogP contribution in [-0.4, -0.2) is 64.7 Å². The predicted octanol–water partition coefficient (Wildman–Crippen LogP) is 2.13. The van der Waals surface area contributed by atoms with Crippen molar-refractivity contribution in [2.45, 2.75) is 27.7 Å². The first kappa shape index (κ1) is 32.2. The molecule has 0 atom stereocenters. The van der Waals surface area contributed by atoms with E-state index in [0.29, 0.717) is 0 Å². The van der Waals surface area contributed by atoms with E-state index in [1.807, 2.05) is 0 Å². The van der Waals surface area contributed by atoms with Crippen LogP contribution in [0.5, 0.6) is 23.0 Å². The van der Waals surface area contributed by atoms with Crippen LogP contribution in [0.15, 0.2) is 33.5 Å². The van der Waals surface area contributed by atoms with Crippen molar-refractivity contribution in [3.8, 4) is 23.0 Å². The minimum atomic E-state index is -0.833. The topological polar surface area (TPSA) is 260 Å². The van der Waals surface area contributed by atoms with Gasteiger partial charge in [-0.05, 0) is 18.2 Å². The zero-order chi connectivity index (χ0) is 28.0. The van der Waals surface area contributed by atoms with E-state index in [1.54, 1.807) is 0 Å². The lowest BCUT2D eigenvalue weighted by Crippen LogP contribution is -2.01. The number of carbonyl (C=O) groups is 4. The van der Waals surface area contributed by atoms with Crippen molar-refractivity contribution in [3.63, 3.8) is 0 Å². The average Bonchev–Trinajstić information content (AvgIpc) is 2.65. The van der Waals surface area contributed by atoms with Crippen LogP contribution in [0.1, 0.15) is 27.7 Å². The van der Waals surface area contributed by atoms with Crippen LogP contribution < -0.4 is 5.43 Å². The summed E-state index contributed by atoms with van der Waals surface area (Å²) in [6.45, 7) is 4.33. The minimum absolute atomic E-state index is 0.00583. The number of hydrogen-bond acceptors (Lipinski definition) is 10. The number of aromatic hydroxyl groups is 4. The average molecular weight is 500 g/mol. The molecule has 0 aliphatic carbocycles.